The van der Waals surface area contributed by atoms with Gasteiger partial charge in [0.15, 0.2) is 6.23 Å². The summed E-state index contributed by atoms with van der Waals surface area (Å²) in [6, 6.07) is 8.12. The maximum atomic E-state index is 12.5. The third kappa shape index (κ3) is 3.83. The minimum absolute atomic E-state index is 0.161. The molecule has 1 aromatic carbocycles. The molecule has 8 nitrogen and oxygen atoms in total. The number of hydrogen-bond acceptors (Lipinski definition) is 6. The van der Waals surface area contributed by atoms with Crippen molar-refractivity contribution in [2.24, 2.45) is 0 Å². The molecule has 0 amide bonds. The zero-order valence-electron chi connectivity index (χ0n) is 14.8. The highest BCUT2D eigenvalue weighted by atomic mass is 32.2. The molecule has 9 heteroatoms. The summed E-state index contributed by atoms with van der Waals surface area (Å²) < 4.78 is 34.8. The number of benzene rings is 1. The van der Waals surface area contributed by atoms with Crippen molar-refractivity contribution < 1.29 is 13.2 Å². The summed E-state index contributed by atoms with van der Waals surface area (Å²) >= 11 is 0. The number of sulfonamides is 1. The van der Waals surface area contributed by atoms with E-state index in [1.54, 1.807) is 18.2 Å². The van der Waals surface area contributed by atoms with Gasteiger partial charge in [0.05, 0.1) is 11.1 Å². The summed E-state index contributed by atoms with van der Waals surface area (Å²) in [6.45, 7) is 0.597. The van der Waals surface area contributed by atoms with Crippen LogP contribution >= 0.6 is 0 Å². The zero-order valence-corrected chi connectivity index (χ0v) is 15.6. The van der Waals surface area contributed by atoms with Crippen LogP contribution < -0.4 is 10.5 Å². The van der Waals surface area contributed by atoms with Gasteiger partial charge in [-0.2, -0.15) is 5.10 Å². The predicted octanol–water partition coefficient (Wildman–Crippen LogP) is 2.02. The number of anilines is 2. The minimum Gasteiger partial charge on any atom is -0.383 e. The Bertz CT molecular complexity index is 890. The second-order valence-electron chi connectivity index (χ2n) is 6.30. The van der Waals surface area contributed by atoms with Crippen molar-refractivity contribution in [2.45, 2.75) is 24.0 Å². The molecule has 3 rings (SSSR count). The van der Waals surface area contributed by atoms with Crippen LogP contribution in [0.4, 0.5) is 11.5 Å². The van der Waals surface area contributed by atoms with Gasteiger partial charge in [0.2, 0.25) is 0 Å². The number of nitrogen functional groups attached to an aromatic ring is 1. The Morgan fingerprint density at radius 3 is 2.77 bits per heavy atom. The summed E-state index contributed by atoms with van der Waals surface area (Å²) in [5.74, 6) is 0.209. The standard InChI is InChI=1S/C17H23N5O3S/c1-21(2)12-13-7-6-10-25-17(13)22-16(18)15(11-19-22)20-26(23,24)14-8-4-3-5-9-14/h3-5,8-9,11-12,17,20H,6-7,10,18H2,1-2H3/b13-12+. The SMILES string of the molecule is CN(C)/C=C1\CCCOC1n1ncc(NS(=O)(=O)c2ccccc2)c1N. The van der Waals surface area contributed by atoms with E-state index in [1.165, 1.54) is 23.0 Å². The van der Waals surface area contributed by atoms with E-state index in [4.69, 9.17) is 10.5 Å². The second kappa shape index (κ2) is 7.38. The number of hydrogen-bond donors (Lipinski definition) is 2. The van der Waals surface area contributed by atoms with Crippen molar-refractivity contribution >= 4 is 21.5 Å². The van der Waals surface area contributed by atoms with Crippen molar-refractivity contribution in [1.29, 1.82) is 0 Å². The van der Waals surface area contributed by atoms with E-state index in [2.05, 4.69) is 9.82 Å². The molecular weight excluding hydrogens is 354 g/mol. The number of nitrogens with one attached hydrogen (secondary N) is 1. The predicted molar refractivity (Wildman–Crippen MR) is 99.9 cm³/mol. The first-order valence-electron chi connectivity index (χ1n) is 8.28. The molecule has 0 aliphatic carbocycles. The van der Waals surface area contributed by atoms with Gasteiger partial charge in [0, 0.05) is 26.9 Å². The number of nitrogens with zero attached hydrogens (tertiary/aromatic N) is 3. The van der Waals surface area contributed by atoms with Gasteiger partial charge < -0.3 is 15.4 Å². The summed E-state index contributed by atoms with van der Waals surface area (Å²) in [4.78, 5) is 2.10. The first kappa shape index (κ1) is 18.3. The van der Waals surface area contributed by atoms with Crippen LogP contribution in [0, 0.1) is 0 Å². The molecular formula is C17H23N5O3S. The van der Waals surface area contributed by atoms with Crippen LogP contribution in [0.25, 0.3) is 0 Å². The van der Waals surface area contributed by atoms with E-state index >= 15 is 0 Å². The molecule has 26 heavy (non-hydrogen) atoms. The molecule has 3 N–H and O–H groups in total. The van der Waals surface area contributed by atoms with Crippen molar-refractivity contribution in [2.75, 3.05) is 31.2 Å². The lowest BCUT2D eigenvalue weighted by Gasteiger charge is -2.28. The first-order chi connectivity index (χ1) is 12.4. The van der Waals surface area contributed by atoms with Crippen LogP contribution in [0.3, 0.4) is 0 Å². The second-order valence-corrected chi connectivity index (χ2v) is 7.98. The van der Waals surface area contributed by atoms with Gasteiger partial charge in [0.1, 0.15) is 11.5 Å². The summed E-state index contributed by atoms with van der Waals surface area (Å²) in [5.41, 5.74) is 7.43. The van der Waals surface area contributed by atoms with Gasteiger partial charge in [0.25, 0.3) is 10.0 Å². The third-order valence-corrected chi connectivity index (χ3v) is 5.36. The fourth-order valence-electron chi connectivity index (χ4n) is 2.83. The smallest absolute Gasteiger partial charge is 0.262 e. The van der Waals surface area contributed by atoms with E-state index in [1.807, 2.05) is 25.2 Å². The lowest BCUT2D eigenvalue weighted by Crippen LogP contribution is -2.24. The first-order valence-corrected chi connectivity index (χ1v) is 9.76. The van der Waals surface area contributed by atoms with Gasteiger partial charge >= 0.3 is 0 Å². The van der Waals surface area contributed by atoms with Gasteiger partial charge in [-0.25, -0.2) is 13.1 Å². The van der Waals surface area contributed by atoms with Crippen LogP contribution in [-0.2, 0) is 14.8 Å². The average Bonchev–Trinajstić information content (AvgIpc) is 2.96. The fraction of sp³-hybridized carbons (Fsp3) is 0.353. The van der Waals surface area contributed by atoms with E-state index in [-0.39, 0.29) is 16.4 Å². The minimum atomic E-state index is -3.73. The largest absolute Gasteiger partial charge is 0.383 e. The van der Waals surface area contributed by atoms with E-state index in [0.29, 0.717) is 6.61 Å². The van der Waals surface area contributed by atoms with Crippen LogP contribution in [0.5, 0.6) is 0 Å². The monoisotopic (exact) mass is 377 g/mol. The number of nitrogens with two attached hydrogens (primary N) is 1. The van der Waals surface area contributed by atoms with Gasteiger partial charge in [-0.3, -0.25) is 4.72 Å². The van der Waals surface area contributed by atoms with E-state index in [0.717, 1.165) is 18.4 Å². The number of rotatable bonds is 5. The fourth-order valence-corrected chi connectivity index (χ4v) is 3.91. The highest BCUT2D eigenvalue weighted by Crippen LogP contribution is 2.33. The Labute approximate surface area is 153 Å². The van der Waals surface area contributed by atoms with Gasteiger partial charge in [-0.05, 0) is 30.5 Å². The zero-order chi connectivity index (χ0) is 18.7. The maximum Gasteiger partial charge on any atom is 0.262 e. The molecule has 2 heterocycles. The quantitative estimate of drug-likeness (QED) is 0.826. The number of aromatic nitrogens is 2. The van der Waals surface area contributed by atoms with Crippen LogP contribution in [-0.4, -0.2) is 43.8 Å². The van der Waals surface area contributed by atoms with Crippen LogP contribution in [0.2, 0.25) is 0 Å². The average molecular weight is 377 g/mol. The summed E-state index contributed by atoms with van der Waals surface area (Å²) in [5, 5.41) is 4.26. The van der Waals surface area contributed by atoms with Crippen molar-refractivity contribution in [3.63, 3.8) is 0 Å². The van der Waals surface area contributed by atoms with Crippen molar-refractivity contribution in [3.05, 3.63) is 48.3 Å². The molecule has 0 bridgehead atoms. The molecule has 0 saturated carbocycles. The Morgan fingerprint density at radius 2 is 2.08 bits per heavy atom. The van der Waals surface area contributed by atoms with Crippen molar-refractivity contribution in [1.82, 2.24) is 14.7 Å². The molecule has 0 spiro atoms. The normalized spacial score (nSPS) is 19.5. The van der Waals surface area contributed by atoms with Crippen LogP contribution in [0.15, 0.2) is 53.2 Å². The Balaban J connectivity index is 1.88. The van der Waals surface area contributed by atoms with Gasteiger partial charge in [-0.1, -0.05) is 18.2 Å². The molecule has 140 valence electrons. The molecule has 1 fully saturated rings. The van der Waals surface area contributed by atoms with E-state index in [9.17, 15) is 8.42 Å². The lowest BCUT2D eigenvalue weighted by molar-refractivity contribution is -0.00129. The highest BCUT2D eigenvalue weighted by Gasteiger charge is 2.26. The molecule has 1 saturated heterocycles. The summed E-state index contributed by atoms with van der Waals surface area (Å²) in [7, 11) is 0.137. The molecule has 0 radical (unpaired) electrons. The molecule has 1 atom stereocenters. The van der Waals surface area contributed by atoms with Crippen molar-refractivity contribution in [3.8, 4) is 0 Å². The van der Waals surface area contributed by atoms with E-state index < -0.39 is 16.3 Å². The molecule has 1 aromatic heterocycles. The topological polar surface area (TPSA) is 102 Å². The van der Waals surface area contributed by atoms with Crippen LogP contribution in [0.1, 0.15) is 19.1 Å². The highest BCUT2D eigenvalue weighted by molar-refractivity contribution is 7.92. The molecule has 2 aromatic rings. The van der Waals surface area contributed by atoms with Gasteiger partial charge in [-0.15, -0.1) is 0 Å². The third-order valence-electron chi connectivity index (χ3n) is 3.98. The number of ether oxygens (including phenoxy) is 1. The Kier molecular flexibility index (Phi) is 5.19. The Morgan fingerprint density at radius 1 is 1.35 bits per heavy atom. The molecule has 1 aliphatic rings. The summed E-state index contributed by atoms with van der Waals surface area (Å²) in [6.07, 6.45) is 4.74. The maximum absolute atomic E-state index is 12.5. The Hall–Kier alpha value is -2.52. The molecule has 1 unspecified atom stereocenters. The molecule has 1 aliphatic heterocycles. The lowest BCUT2D eigenvalue weighted by atomic mass is 10.1.